The minimum absolute atomic E-state index is 0.162. The van der Waals surface area contributed by atoms with Crippen LogP contribution in [0.2, 0.25) is 0 Å². The van der Waals surface area contributed by atoms with E-state index in [0.717, 1.165) is 11.6 Å². The highest BCUT2D eigenvalue weighted by Gasteiger charge is 2.51. The lowest BCUT2D eigenvalue weighted by atomic mass is 9.53. The minimum Gasteiger partial charge on any atom is -0.352 e. The third-order valence-corrected chi connectivity index (χ3v) is 6.99. The van der Waals surface area contributed by atoms with E-state index in [4.69, 9.17) is 0 Å². The molecule has 1 amide bonds. The molecule has 4 heteroatoms. The van der Waals surface area contributed by atoms with Crippen LogP contribution in [0.25, 0.3) is 0 Å². The molecule has 27 heavy (non-hydrogen) atoms. The van der Waals surface area contributed by atoms with Crippen LogP contribution in [0, 0.1) is 32.6 Å². The first-order valence-corrected chi connectivity index (χ1v) is 10.4. The number of hydrogen-bond acceptors (Lipinski definition) is 2. The van der Waals surface area contributed by atoms with E-state index in [1.54, 1.807) is 0 Å². The Balaban J connectivity index is 1.42. The van der Waals surface area contributed by atoms with Crippen LogP contribution in [0.15, 0.2) is 30.3 Å². The summed E-state index contributed by atoms with van der Waals surface area (Å²) in [7, 11) is 0. The zero-order valence-electron chi connectivity index (χ0n) is 16.7. The van der Waals surface area contributed by atoms with Crippen molar-refractivity contribution in [2.24, 2.45) is 11.8 Å². The number of nitrogens with zero attached hydrogens (tertiary/aromatic N) is 2. The molecule has 0 radical (unpaired) electrons. The van der Waals surface area contributed by atoms with E-state index in [2.05, 4.69) is 54.6 Å². The second-order valence-corrected chi connectivity index (χ2v) is 8.41. The molecule has 0 saturated heterocycles. The third-order valence-electron chi connectivity index (χ3n) is 6.99. The van der Waals surface area contributed by atoms with Crippen molar-refractivity contribution in [3.05, 3.63) is 52.8 Å². The van der Waals surface area contributed by atoms with Crippen LogP contribution in [-0.4, -0.2) is 21.7 Å². The summed E-state index contributed by atoms with van der Waals surface area (Å²) < 4.78 is 1.98. The van der Waals surface area contributed by atoms with Gasteiger partial charge in [-0.15, -0.1) is 0 Å². The normalized spacial score (nSPS) is 26.9. The summed E-state index contributed by atoms with van der Waals surface area (Å²) in [6.07, 6.45) is 5.70. The first-order chi connectivity index (χ1) is 13.1. The highest BCUT2D eigenvalue weighted by Crippen LogP contribution is 2.54. The second kappa shape index (κ2) is 7.49. The van der Waals surface area contributed by atoms with E-state index < -0.39 is 0 Å². The first kappa shape index (κ1) is 18.3. The van der Waals surface area contributed by atoms with Crippen LogP contribution in [0.1, 0.15) is 60.5 Å². The number of carbonyl (C=O) groups is 1. The van der Waals surface area contributed by atoms with Crippen LogP contribution in [0.5, 0.6) is 0 Å². The van der Waals surface area contributed by atoms with Gasteiger partial charge in [-0.3, -0.25) is 9.48 Å². The van der Waals surface area contributed by atoms with Gasteiger partial charge in [0.2, 0.25) is 5.91 Å². The maximum atomic E-state index is 12.7. The molecular weight excluding hydrogens is 334 g/mol. The Hall–Kier alpha value is -2.10. The molecule has 1 N–H and O–H groups in total. The lowest BCUT2D eigenvalue weighted by Gasteiger charge is -2.55. The van der Waals surface area contributed by atoms with E-state index in [1.807, 2.05) is 11.6 Å². The van der Waals surface area contributed by atoms with E-state index in [9.17, 15) is 4.79 Å². The predicted molar refractivity (Wildman–Crippen MR) is 108 cm³/mol. The van der Waals surface area contributed by atoms with Crippen molar-refractivity contribution in [2.45, 2.75) is 71.4 Å². The van der Waals surface area contributed by atoms with Crippen LogP contribution in [0.4, 0.5) is 0 Å². The van der Waals surface area contributed by atoms with Crippen molar-refractivity contribution in [1.29, 1.82) is 0 Å². The minimum atomic E-state index is 0.162. The first-order valence-electron chi connectivity index (χ1n) is 10.4. The number of amides is 1. The lowest BCUT2D eigenvalue weighted by Crippen LogP contribution is -2.59. The Kier molecular flexibility index (Phi) is 5.07. The molecule has 0 unspecified atom stereocenters. The molecule has 0 spiro atoms. The lowest BCUT2D eigenvalue weighted by molar-refractivity contribution is -0.125. The quantitative estimate of drug-likeness (QED) is 0.859. The molecule has 0 aliphatic heterocycles. The van der Waals surface area contributed by atoms with Crippen LogP contribution < -0.4 is 5.32 Å². The third kappa shape index (κ3) is 3.42. The monoisotopic (exact) mass is 365 g/mol. The van der Waals surface area contributed by atoms with Crippen molar-refractivity contribution in [3.63, 3.8) is 0 Å². The van der Waals surface area contributed by atoms with Gasteiger partial charge in [0.15, 0.2) is 0 Å². The maximum absolute atomic E-state index is 12.7. The average Bonchev–Trinajstić information content (AvgIpc) is 2.92. The molecule has 1 aromatic heterocycles. The van der Waals surface area contributed by atoms with E-state index in [-0.39, 0.29) is 5.91 Å². The van der Waals surface area contributed by atoms with Gasteiger partial charge in [-0.25, -0.2) is 0 Å². The summed E-state index contributed by atoms with van der Waals surface area (Å²) in [6.45, 7) is 6.86. The van der Waals surface area contributed by atoms with Gasteiger partial charge in [0.05, 0.1) is 5.69 Å². The molecule has 1 aromatic carbocycles. The summed E-state index contributed by atoms with van der Waals surface area (Å²) in [5.41, 5.74) is 4.84. The van der Waals surface area contributed by atoms with Gasteiger partial charge >= 0.3 is 0 Å². The number of nitrogens with one attached hydrogen (secondary N) is 1. The van der Waals surface area contributed by atoms with E-state index in [0.29, 0.717) is 30.8 Å². The fraction of sp³-hybridized carbons (Fsp3) is 0.565. The van der Waals surface area contributed by atoms with E-state index >= 15 is 0 Å². The largest absolute Gasteiger partial charge is 0.352 e. The Morgan fingerprint density at radius 3 is 2.48 bits per heavy atom. The smallest absolute Gasteiger partial charge is 0.222 e. The topological polar surface area (TPSA) is 46.9 Å². The summed E-state index contributed by atoms with van der Waals surface area (Å²) in [5, 5.41) is 7.96. The maximum Gasteiger partial charge on any atom is 0.222 e. The van der Waals surface area contributed by atoms with Gasteiger partial charge in [-0.2, -0.15) is 5.10 Å². The molecule has 2 saturated carbocycles. The summed E-state index contributed by atoms with van der Waals surface area (Å²) in [4.78, 5) is 12.7. The van der Waals surface area contributed by atoms with Crippen molar-refractivity contribution in [3.8, 4) is 0 Å². The van der Waals surface area contributed by atoms with Crippen LogP contribution >= 0.6 is 0 Å². The highest BCUT2D eigenvalue weighted by molar-refractivity contribution is 5.76. The molecule has 144 valence electrons. The predicted octanol–water partition coefficient (Wildman–Crippen LogP) is 4.29. The van der Waals surface area contributed by atoms with Gasteiger partial charge < -0.3 is 5.32 Å². The van der Waals surface area contributed by atoms with E-state index in [1.165, 1.54) is 42.5 Å². The van der Waals surface area contributed by atoms with Gasteiger partial charge in [0.1, 0.15) is 0 Å². The van der Waals surface area contributed by atoms with Crippen molar-refractivity contribution in [1.82, 2.24) is 15.1 Å². The zero-order valence-corrected chi connectivity index (χ0v) is 16.7. The molecular formula is C23H31N3O. The highest BCUT2D eigenvalue weighted by atomic mass is 16.1. The van der Waals surface area contributed by atoms with Gasteiger partial charge in [-0.05, 0) is 56.6 Å². The Morgan fingerprint density at radius 1 is 1.11 bits per heavy atom. The summed E-state index contributed by atoms with van der Waals surface area (Å²) >= 11 is 0. The number of aryl methyl sites for hydroxylation is 2. The number of carbonyl (C=O) groups excluding carboxylic acids is 1. The van der Waals surface area contributed by atoms with Gasteiger partial charge in [-0.1, -0.05) is 43.2 Å². The zero-order chi connectivity index (χ0) is 19.0. The number of fused-ring (bicyclic) bond motifs is 1. The average molecular weight is 366 g/mol. The van der Waals surface area contributed by atoms with Crippen LogP contribution in [-0.2, 0) is 11.3 Å². The summed E-state index contributed by atoms with van der Waals surface area (Å²) in [5.74, 6) is 2.04. The number of aromatic nitrogens is 2. The molecule has 4 atom stereocenters. The molecule has 4 rings (SSSR count). The molecule has 2 fully saturated rings. The number of benzene rings is 1. The Labute approximate surface area is 162 Å². The molecule has 4 nitrogen and oxygen atoms in total. The number of rotatable bonds is 5. The number of hydrogen-bond donors (Lipinski definition) is 1. The Bertz CT molecular complexity index is 811. The molecule has 1 heterocycles. The second-order valence-electron chi connectivity index (χ2n) is 8.41. The van der Waals surface area contributed by atoms with Gasteiger partial charge in [0, 0.05) is 30.6 Å². The van der Waals surface area contributed by atoms with Crippen LogP contribution in [0.3, 0.4) is 0 Å². The molecule has 2 aliphatic carbocycles. The van der Waals surface area contributed by atoms with Crippen molar-refractivity contribution >= 4 is 5.91 Å². The Morgan fingerprint density at radius 2 is 1.81 bits per heavy atom. The molecule has 2 aliphatic rings. The SMILES string of the molecule is Cc1nn(CCC(=O)N[C@H]2[C@@H]3CCCC[C@H]3[C@@H]2c2ccccc2)c(C)c1C. The van der Waals surface area contributed by atoms with Gasteiger partial charge in [0.25, 0.3) is 0 Å². The molecule has 2 aromatic rings. The van der Waals surface area contributed by atoms with Crippen molar-refractivity contribution < 1.29 is 4.79 Å². The summed E-state index contributed by atoms with van der Waals surface area (Å²) in [6, 6.07) is 11.1. The molecule has 0 bridgehead atoms. The standard InChI is InChI=1S/C23H31N3O/c1-15-16(2)25-26(17(15)3)14-13-21(27)24-23-20-12-8-7-11-19(20)22(23)18-9-5-4-6-10-18/h4-6,9-10,19-20,22-23H,7-8,11-14H2,1-3H3,(H,24,27)/t19-,20-,22+,23+/m1/s1. The van der Waals surface area contributed by atoms with Crippen molar-refractivity contribution in [2.75, 3.05) is 0 Å². The fourth-order valence-electron chi connectivity index (χ4n) is 5.26. The fourth-order valence-corrected chi connectivity index (χ4v) is 5.26.